The molecule has 0 saturated carbocycles. The van der Waals surface area contributed by atoms with Gasteiger partial charge in [0, 0.05) is 29.1 Å². The van der Waals surface area contributed by atoms with Crippen LogP contribution in [-0.2, 0) is 10.0 Å². The average molecular weight is 440 g/mol. The number of nitrogens with two attached hydrogens (primary N) is 1. The lowest BCUT2D eigenvalue weighted by Crippen LogP contribution is -2.43. The summed E-state index contributed by atoms with van der Waals surface area (Å²) in [5, 5.41) is 0. The van der Waals surface area contributed by atoms with E-state index < -0.39 is 33.0 Å². The van der Waals surface area contributed by atoms with Crippen molar-refractivity contribution in [1.82, 2.24) is 14.7 Å². The fourth-order valence-corrected chi connectivity index (χ4v) is 4.16. The number of nitrogens with zero attached hydrogens (tertiary/aromatic N) is 2. The number of alkyl halides is 3. The van der Waals surface area contributed by atoms with Gasteiger partial charge in [0.05, 0.1) is 4.90 Å². The predicted octanol–water partition coefficient (Wildman–Crippen LogP) is 3.76. The van der Waals surface area contributed by atoms with Gasteiger partial charge < -0.3 is 5.73 Å². The smallest absolute Gasteiger partial charge is 0.368 e. The van der Waals surface area contributed by atoms with Gasteiger partial charge >= 0.3 is 6.18 Å². The molecule has 30 heavy (non-hydrogen) atoms. The summed E-state index contributed by atoms with van der Waals surface area (Å²) in [5.41, 5.74) is 6.15. The van der Waals surface area contributed by atoms with E-state index in [9.17, 15) is 26.0 Å². The monoisotopic (exact) mass is 440 g/mol. The Labute approximate surface area is 169 Å². The van der Waals surface area contributed by atoms with Crippen molar-refractivity contribution in [3.05, 3.63) is 60.7 Å². The van der Waals surface area contributed by atoms with E-state index in [1.165, 1.54) is 42.7 Å². The minimum absolute atomic E-state index is 0.0236. The number of nitrogens with one attached hydrogen (secondary N) is 1. The summed E-state index contributed by atoms with van der Waals surface area (Å²) in [7, 11) is -4.53. The summed E-state index contributed by atoms with van der Waals surface area (Å²) in [6, 6.07) is 7.06. The average Bonchev–Trinajstić information content (AvgIpc) is 2.68. The third-order valence-corrected chi connectivity index (χ3v) is 5.86. The molecule has 1 unspecified atom stereocenters. The molecular formula is C19H16F4N4O2S. The van der Waals surface area contributed by atoms with Crippen molar-refractivity contribution < 1.29 is 26.0 Å². The first-order valence-corrected chi connectivity index (χ1v) is 10.0. The van der Waals surface area contributed by atoms with Crippen LogP contribution in [0.4, 0.5) is 23.5 Å². The van der Waals surface area contributed by atoms with Gasteiger partial charge in [-0.1, -0.05) is 30.3 Å². The zero-order valence-electron chi connectivity index (χ0n) is 15.5. The number of hydrogen-bond acceptors (Lipinski definition) is 5. The van der Waals surface area contributed by atoms with Gasteiger partial charge in [0.15, 0.2) is 0 Å². The number of anilines is 1. The second-order valence-corrected chi connectivity index (χ2v) is 8.09. The van der Waals surface area contributed by atoms with Crippen LogP contribution < -0.4 is 10.5 Å². The first-order chi connectivity index (χ1) is 14.0. The van der Waals surface area contributed by atoms with Gasteiger partial charge in [-0.2, -0.15) is 17.9 Å². The number of nitrogen functional groups attached to an aromatic ring is 1. The number of halogens is 4. The number of hydrogen-bond donors (Lipinski definition) is 2. The summed E-state index contributed by atoms with van der Waals surface area (Å²) in [5.74, 6) is -0.666. The summed E-state index contributed by atoms with van der Waals surface area (Å²) in [4.78, 5) is 7.18. The molecule has 3 aromatic rings. The maximum Gasteiger partial charge on any atom is 0.404 e. The molecule has 1 heterocycles. The molecule has 0 saturated heterocycles. The first kappa shape index (κ1) is 21.7. The van der Waals surface area contributed by atoms with Crippen molar-refractivity contribution in [2.45, 2.75) is 24.0 Å². The Morgan fingerprint density at radius 3 is 2.23 bits per heavy atom. The molecule has 0 aliphatic rings. The molecule has 0 amide bonds. The highest BCUT2D eigenvalue weighted by atomic mass is 32.2. The number of rotatable bonds is 5. The number of aromatic nitrogens is 2. The molecule has 0 aliphatic carbocycles. The molecule has 2 aromatic carbocycles. The van der Waals surface area contributed by atoms with E-state index in [0.717, 1.165) is 12.1 Å². The van der Waals surface area contributed by atoms with Gasteiger partial charge in [0.1, 0.15) is 11.9 Å². The van der Waals surface area contributed by atoms with Crippen LogP contribution in [0.5, 0.6) is 0 Å². The van der Waals surface area contributed by atoms with E-state index in [-0.39, 0.29) is 22.6 Å². The largest absolute Gasteiger partial charge is 0.404 e. The van der Waals surface area contributed by atoms with Gasteiger partial charge in [-0.25, -0.2) is 22.8 Å². The number of benzene rings is 2. The fourth-order valence-electron chi connectivity index (χ4n) is 2.70. The highest BCUT2D eigenvalue weighted by molar-refractivity contribution is 7.89. The Morgan fingerprint density at radius 1 is 1.00 bits per heavy atom. The Bertz CT molecular complexity index is 1170. The zero-order valence-corrected chi connectivity index (χ0v) is 16.3. The SMILES string of the molecule is CC(NS(=O)(=O)c1ccccc1-c1ccc(-c2cnc(N)nc2)c(F)c1)C(F)(F)F. The van der Waals surface area contributed by atoms with Crippen LogP contribution in [0.15, 0.2) is 59.8 Å². The summed E-state index contributed by atoms with van der Waals surface area (Å²) in [6.45, 7) is 0.698. The van der Waals surface area contributed by atoms with E-state index in [1.807, 2.05) is 0 Å². The Morgan fingerprint density at radius 2 is 1.63 bits per heavy atom. The first-order valence-electron chi connectivity index (χ1n) is 8.55. The van der Waals surface area contributed by atoms with Crippen LogP contribution in [0.25, 0.3) is 22.3 Å². The standard InChI is InChI=1S/C19H16F4N4O2S/c1-11(19(21,22)23)27-30(28,29)17-5-3-2-4-15(17)12-6-7-14(16(20)8-12)13-9-25-18(24)26-10-13/h2-11,27H,1H3,(H2,24,25,26). The molecule has 3 N–H and O–H groups in total. The van der Waals surface area contributed by atoms with E-state index in [2.05, 4.69) is 9.97 Å². The lowest BCUT2D eigenvalue weighted by molar-refractivity contribution is -0.147. The van der Waals surface area contributed by atoms with E-state index in [1.54, 1.807) is 4.72 Å². The van der Waals surface area contributed by atoms with Crippen LogP contribution in [-0.4, -0.2) is 30.6 Å². The van der Waals surface area contributed by atoms with Crippen LogP contribution in [0.2, 0.25) is 0 Å². The van der Waals surface area contributed by atoms with Crippen LogP contribution in [0.1, 0.15) is 6.92 Å². The van der Waals surface area contributed by atoms with E-state index in [4.69, 9.17) is 5.73 Å². The maximum absolute atomic E-state index is 14.7. The normalized spacial score (nSPS) is 13.2. The van der Waals surface area contributed by atoms with Crippen molar-refractivity contribution in [2.75, 3.05) is 5.73 Å². The molecule has 0 aliphatic heterocycles. The molecule has 158 valence electrons. The minimum atomic E-state index is -4.75. The highest BCUT2D eigenvalue weighted by Crippen LogP contribution is 2.32. The van der Waals surface area contributed by atoms with Gasteiger partial charge in [0.25, 0.3) is 0 Å². The van der Waals surface area contributed by atoms with E-state index in [0.29, 0.717) is 12.5 Å². The van der Waals surface area contributed by atoms with Crippen molar-refractivity contribution in [3.8, 4) is 22.3 Å². The van der Waals surface area contributed by atoms with Gasteiger partial charge in [-0.05, 0) is 24.6 Å². The van der Waals surface area contributed by atoms with Crippen LogP contribution in [0.3, 0.4) is 0 Å². The third-order valence-electron chi connectivity index (χ3n) is 4.26. The molecule has 0 bridgehead atoms. The quantitative estimate of drug-likeness (QED) is 0.589. The maximum atomic E-state index is 14.7. The molecule has 1 aromatic heterocycles. The molecule has 6 nitrogen and oxygen atoms in total. The lowest BCUT2D eigenvalue weighted by Gasteiger charge is -2.19. The van der Waals surface area contributed by atoms with E-state index >= 15 is 0 Å². The second kappa shape index (κ2) is 8.00. The van der Waals surface area contributed by atoms with Crippen LogP contribution in [0, 0.1) is 5.82 Å². The molecule has 3 rings (SSSR count). The van der Waals surface area contributed by atoms with Gasteiger partial charge in [-0.3, -0.25) is 0 Å². The Balaban J connectivity index is 2.02. The molecule has 0 radical (unpaired) electrons. The Hall–Kier alpha value is -3.05. The summed E-state index contributed by atoms with van der Waals surface area (Å²) < 4.78 is 79.9. The van der Waals surface area contributed by atoms with Crippen molar-refractivity contribution in [3.63, 3.8) is 0 Å². The zero-order chi connectivity index (χ0) is 22.1. The second-order valence-electron chi connectivity index (χ2n) is 6.41. The molecule has 0 spiro atoms. The Kier molecular flexibility index (Phi) is 5.77. The molecule has 11 heteroatoms. The van der Waals surface area contributed by atoms with Crippen molar-refractivity contribution in [1.29, 1.82) is 0 Å². The minimum Gasteiger partial charge on any atom is -0.368 e. The lowest BCUT2D eigenvalue weighted by atomic mass is 10.0. The van der Waals surface area contributed by atoms with Crippen LogP contribution >= 0.6 is 0 Å². The van der Waals surface area contributed by atoms with Crippen molar-refractivity contribution >= 4 is 16.0 Å². The van der Waals surface area contributed by atoms with Gasteiger partial charge in [0.2, 0.25) is 16.0 Å². The molecule has 0 fully saturated rings. The summed E-state index contributed by atoms with van der Waals surface area (Å²) in [6.07, 6.45) is -2.08. The fraction of sp³-hybridized carbons (Fsp3) is 0.158. The third kappa shape index (κ3) is 4.57. The predicted molar refractivity (Wildman–Crippen MR) is 103 cm³/mol. The summed E-state index contributed by atoms with van der Waals surface area (Å²) >= 11 is 0. The highest BCUT2D eigenvalue weighted by Gasteiger charge is 2.39. The number of sulfonamides is 1. The van der Waals surface area contributed by atoms with Crippen molar-refractivity contribution in [2.24, 2.45) is 0 Å². The topological polar surface area (TPSA) is 98.0 Å². The molecule has 1 atom stereocenters. The van der Waals surface area contributed by atoms with Gasteiger partial charge in [-0.15, -0.1) is 0 Å². The molecular weight excluding hydrogens is 424 g/mol.